The van der Waals surface area contributed by atoms with Crippen LogP contribution in [0.15, 0.2) is 24.3 Å². The van der Waals surface area contributed by atoms with Gasteiger partial charge in [0.25, 0.3) is 17.3 Å². The molecule has 0 spiro atoms. The van der Waals surface area contributed by atoms with Crippen molar-refractivity contribution >= 4 is 29.4 Å². The smallest absolute Gasteiger partial charge is 0.280 e. The van der Waals surface area contributed by atoms with E-state index < -0.39 is 29.7 Å². The number of hydrogen-bond acceptors (Lipinski definition) is 6. The molecule has 20 heavy (non-hydrogen) atoms. The molecule has 0 aliphatic heterocycles. The molecule has 0 saturated carbocycles. The lowest BCUT2D eigenvalue weighted by Gasteiger charge is -2.03. The van der Waals surface area contributed by atoms with Gasteiger partial charge < -0.3 is 4.74 Å². The van der Waals surface area contributed by atoms with Crippen LogP contribution in [0.5, 0.6) is 0 Å². The summed E-state index contributed by atoms with van der Waals surface area (Å²) in [6.45, 7) is 1.39. The van der Waals surface area contributed by atoms with Crippen LogP contribution in [0.2, 0.25) is 0 Å². The quantitative estimate of drug-likeness (QED) is 0.376. The summed E-state index contributed by atoms with van der Waals surface area (Å²) in [4.78, 5) is 54.1. The van der Waals surface area contributed by atoms with E-state index in [0.29, 0.717) is 0 Å². The molecule has 0 atom stereocenters. The van der Waals surface area contributed by atoms with Crippen molar-refractivity contribution < 1.29 is 28.7 Å². The Morgan fingerprint density at radius 3 is 2.20 bits per heavy atom. The molecular weight excluding hydrogens is 264 g/mol. The number of Topliss-reactive ketones (excluding diaryl/α,β-unsaturated/α-hetero) is 4. The van der Waals surface area contributed by atoms with E-state index in [4.69, 9.17) is 4.74 Å². The monoisotopic (exact) mass is 276 g/mol. The lowest BCUT2D eigenvalue weighted by Crippen LogP contribution is -2.33. The zero-order chi connectivity index (χ0) is 15.1. The van der Waals surface area contributed by atoms with Crippen molar-refractivity contribution in [1.82, 2.24) is 0 Å². The van der Waals surface area contributed by atoms with Gasteiger partial charge in [0.1, 0.15) is 6.61 Å². The van der Waals surface area contributed by atoms with Crippen molar-refractivity contribution in [3.8, 4) is 0 Å². The second-order valence-electron chi connectivity index (χ2n) is 4.04. The van der Waals surface area contributed by atoms with Gasteiger partial charge in [0, 0.05) is 0 Å². The Morgan fingerprint density at radius 2 is 1.65 bits per heavy atom. The number of ketones is 4. The van der Waals surface area contributed by atoms with Crippen LogP contribution in [0.3, 0.4) is 0 Å². The molecule has 0 aromatic heterocycles. The maximum atomic E-state index is 11.3. The predicted octanol–water partition coefficient (Wildman–Crippen LogP) is -0.0131. The van der Waals surface area contributed by atoms with E-state index in [-0.39, 0.29) is 12.9 Å². The summed E-state index contributed by atoms with van der Waals surface area (Å²) in [5.74, 6) is -5.87. The van der Waals surface area contributed by atoms with E-state index in [9.17, 15) is 24.0 Å². The number of ether oxygens (including phenoxy) is 1. The lowest BCUT2D eigenvalue weighted by atomic mass is 10.1. The van der Waals surface area contributed by atoms with Crippen molar-refractivity contribution in [3.05, 3.63) is 35.4 Å². The fraction of sp³-hybridized carbons (Fsp3) is 0.214. The Labute approximate surface area is 114 Å². The van der Waals surface area contributed by atoms with Crippen LogP contribution < -0.4 is 0 Å². The molecule has 104 valence electrons. The minimum Gasteiger partial charge on any atom is -0.368 e. The van der Waals surface area contributed by atoms with Gasteiger partial charge in [0.2, 0.25) is 5.78 Å². The average molecular weight is 276 g/mol. The molecule has 0 saturated heterocycles. The normalized spacial score (nSPS) is 9.85. The SMILES string of the molecule is Cc1ccc(COCC(=O)C(=O)C(=O)C(=O)C=O)cc1. The summed E-state index contributed by atoms with van der Waals surface area (Å²) in [6.07, 6.45) is -0.305. The highest BCUT2D eigenvalue weighted by molar-refractivity contribution is 6.84. The summed E-state index contributed by atoms with van der Waals surface area (Å²) in [5.41, 5.74) is 1.86. The van der Waals surface area contributed by atoms with Crippen LogP contribution in [0.4, 0.5) is 0 Å². The molecule has 0 heterocycles. The van der Waals surface area contributed by atoms with Crippen LogP contribution in [-0.2, 0) is 35.3 Å². The third-order valence-electron chi connectivity index (χ3n) is 2.41. The first-order chi connectivity index (χ1) is 9.45. The molecule has 0 radical (unpaired) electrons. The number of aldehydes is 1. The van der Waals surface area contributed by atoms with Crippen molar-refractivity contribution in [2.24, 2.45) is 0 Å². The Balaban J connectivity index is 2.45. The van der Waals surface area contributed by atoms with E-state index in [1.54, 1.807) is 12.1 Å². The van der Waals surface area contributed by atoms with Crippen LogP contribution in [-0.4, -0.2) is 36.0 Å². The number of benzene rings is 1. The minimum absolute atomic E-state index is 0.0924. The van der Waals surface area contributed by atoms with E-state index >= 15 is 0 Å². The first-order valence-corrected chi connectivity index (χ1v) is 5.70. The highest BCUT2D eigenvalue weighted by Gasteiger charge is 2.28. The largest absolute Gasteiger partial charge is 0.368 e. The van der Waals surface area contributed by atoms with Crippen LogP contribution in [0, 0.1) is 6.92 Å². The van der Waals surface area contributed by atoms with Crippen LogP contribution in [0.1, 0.15) is 11.1 Å². The number of rotatable bonds is 8. The molecule has 0 bridgehead atoms. The highest BCUT2D eigenvalue weighted by Crippen LogP contribution is 2.04. The lowest BCUT2D eigenvalue weighted by molar-refractivity contribution is -0.150. The van der Waals surface area contributed by atoms with Gasteiger partial charge in [0.15, 0.2) is 6.29 Å². The maximum Gasteiger partial charge on any atom is 0.280 e. The zero-order valence-electron chi connectivity index (χ0n) is 10.8. The third-order valence-corrected chi connectivity index (χ3v) is 2.41. The maximum absolute atomic E-state index is 11.3. The molecule has 0 aliphatic carbocycles. The summed E-state index contributed by atoms with van der Waals surface area (Å²) in [6, 6.07) is 7.31. The Kier molecular flexibility index (Phi) is 5.61. The van der Waals surface area contributed by atoms with Gasteiger partial charge >= 0.3 is 0 Å². The van der Waals surface area contributed by atoms with Gasteiger partial charge in [-0.1, -0.05) is 29.8 Å². The summed E-state index contributed by atoms with van der Waals surface area (Å²) in [5, 5.41) is 0. The van der Waals surface area contributed by atoms with Gasteiger partial charge in [-0.15, -0.1) is 0 Å². The molecule has 0 unspecified atom stereocenters. The van der Waals surface area contributed by atoms with Gasteiger partial charge in [-0.3, -0.25) is 24.0 Å². The molecule has 1 aromatic carbocycles. The molecular formula is C14H12O6. The van der Waals surface area contributed by atoms with Crippen LogP contribution >= 0.6 is 0 Å². The topological polar surface area (TPSA) is 94.6 Å². The van der Waals surface area contributed by atoms with E-state index in [1.165, 1.54) is 0 Å². The van der Waals surface area contributed by atoms with E-state index in [0.717, 1.165) is 11.1 Å². The summed E-state index contributed by atoms with van der Waals surface area (Å²) in [7, 11) is 0. The second kappa shape index (κ2) is 7.20. The average Bonchev–Trinajstić information content (AvgIpc) is 2.46. The molecule has 1 rings (SSSR count). The Bertz CT molecular complexity index is 556. The summed E-state index contributed by atoms with van der Waals surface area (Å²) >= 11 is 0. The standard InChI is InChI=1S/C14H12O6/c1-9-2-4-10(5-3-9)7-20-8-12(17)14(19)13(18)11(16)6-15/h2-6H,7-8H2,1H3. The molecule has 0 aliphatic rings. The fourth-order valence-corrected chi connectivity index (χ4v) is 1.30. The first kappa shape index (κ1) is 15.6. The highest BCUT2D eigenvalue weighted by atomic mass is 16.5. The Morgan fingerprint density at radius 1 is 1.05 bits per heavy atom. The minimum atomic E-state index is -1.64. The predicted molar refractivity (Wildman–Crippen MR) is 66.9 cm³/mol. The van der Waals surface area contributed by atoms with Gasteiger partial charge in [-0.25, -0.2) is 0 Å². The molecule has 0 fully saturated rings. The Hall–Kier alpha value is -2.47. The molecule has 0 amide bonds. The van der Waals surface area contributed by atoms with E-state index in [2.05, 4.69) is 0 Å². The first-order valence-electron chi connectivity index (χ1n) is 5.70. The third kappa shape index (κ3) is 4.33. The fourth-order valence-electron chi connectivity index (χ4n) is 1.30. The van der Waals surface area contributed by atoms with Crippen molar-refractivity contribution in [2.45, 2.75) is 13.5 Å². The molecule has 1 aromatic rings. The molecule has 6 nitrogen and oxygen atoms in total. The van der Waals surface area contributed by atoms with E-state index in [1.807, 2.05) is 19.1 Å². The summed E-state index contributed by atoms with van der Waals surface area (Å²) < 4.78 is 4.98. The zero-order valence-corrected chi connectivity index (χ0v) is 10.8. The molecule has 6 heteroatoms. The van der Waals surface area contributed by atoms with Crippen molar-refractivity contribution in [1.29, 1.82) is 0 Å². The molecule has 0 N–H and O–H groups in total. The van der Waals surface area contributed by atoms with Gasteiger partial charge in [-0.05, 0) is 12.5 Å². The number of carbonyl (C=O) groups is 5. The number of aryl methyl sites for hydroxylation is 1. The number of carbonyl (C=O) groups excluding carboxylic acids is 5. The van der Waals surface area contributed by atoms with Crippen LogP contribution in [0.25, 0.3) is 0 Å². The second-order valence-corrected chi connectivity index (χ2v) is 4.04. The van der Waals surface area contributed by atoms with Crippen molar-refractivity contribution in [2.75, 3.05) is 6.61 Å². The van der Waals surface area contributed by atoms with Gasteiger partial charge in [0.05, 0.1) is 6.61 Å². The van der Waals surface area contributed by atoms with Crippen molar-refractivity contribution in [3.63, 3.8) is 0 Å². The number of hydrogen-bond donors (Lipinski definition) is 0. The van der Waals surface area contributed by atoms with Gasteiger partial charge in [-0.2, -0.15) is 0 Å².